The molecular weight excluding hydrogens is 208 g/mol. The van der Waals surface area contributed by atoms with Gasteiger partial charge in [0.2, 0.25) is 0 Å². The van der Waals surface area contributed by atoms with E-state index >= 15 is 0 Å². The van der Waals surface area contributed by atoms with Crippen LogP contribution < -0.4 is 10.5 Å². The first-order valence-corrected chi connectivity index (χ1v) is 4.57. The van der Waals surface area contributed by atoms with Gasteiger partial charge in [0.05, 0.1) is 25.9 Å². The zero-order valence-corrected chi connectivity index (χ0v) is 9.11. The van der Waals surface area contributed by atoms with Crippen LogP contribution in [0.2, 0.25) is 0 Å². The minimum absolute atomic E-state index is 0.0739. The van der Waals surface area contributed by atoms with E-state index < -0.39 is 5.97 Å². The fourth-order valence-corrected chi connectivity index (χ4v) is 1.44. The molecule has 0 aliphatic carbocycles. The van der Waals surface area contributed by atoms with Crippen LogP contribution in [-0.2, 0) is 11.3 Å². The monoisotopic (exact) mass is 220 g/mol. The number of nitrogens with two attached hydrogens (primary N) is 1. The third kappa shape index (κ3) is 1.97. The summed E-state index contributed by atoms with van der Waals surface area (Å²) in [5.41, 5.74) is 6.53. The smallest absolute Gasteiger partial charge is 0.342 e. The van der Waals surface area contributed by atoms with Crippen molar-refractivity contribution in [1.82, 2.24) is 0 Å². The van der Waals surface area contributed by atoms with Crippen molar-refractivity contribution < 1.29 is 14.3 Å². The summed E-state index contributed by atoms with van der Waals surface area (Å²) in [4.78, 5) is 11.6. The summed E-state index contributed by atoms with van der Waals surface area (Å²) >= 11 is 0. The van der Waals surface area contributed by atoms with Gasteiger partial charge in [-0.05, 0) is 12.1 Å². The molecule has 0 unspecified atom stereocenters. The Morgan fingerprint density at radius 2 is 2.19 bits per heavy atom. The lowest BCUT2D eigenvalue weighted by atomic mass is 10.0. The Kier molecular flexibility index (Phi) is 3.86. The second-order valence-corrected chi connectivity index (χ2v) is 2.98. The topological polar surface area (TPSA) is 85.3 Å². The number of carbonyl (C=O) groups excluding carboxylic acids is 1. The van der Waals surface area contributed by atoms with Crippen LogP contribution in [0.5, 0.6) is 5.75 Å². The Bertz CT molecular complexity index is 449. The van der Waals surface area contributed by atoms with Gasteiger partial charge in [-0.15, -0.1) is 0 Å². The van der Waals surface area contributed by atoms with E-state index in [0.29, 0.717) is 16.9 Å². The normalized spacial score (nSPS) is 9.38. The van der Waals surface area contributed by atoms with E-state index in [4.69, 9.17) is 15.7 Å². The van der Waals surface area contributed by atoms with Gasteiger partial charge < -0.3 is 15.2 Å². The fourth-order valence-electron chi connectivity index (χ4n) is 1.44. The summed E-state index contributed by atoms with van der Waals surface area (Å²) in [6, 6.07) is 5.08. The third-order valence-electron chi connectivity index (χ3n) is 2.21. The molecule has 0 bridgehead atoms. The van der Waals surface area contributed by atoms with Crippen LogP contribution in [0.15, 0.2) is 12.1 Å². The van der Waals surface area contributed by atoms with Gasteiger partial charge in [0, 0.05) is 12.1 Å². The zero-order valence-electron chi connectivity index (χ0n) is 9.11. The average molecular weight is 220 g/mol. The van der Waals surface area contributed by atoms with E-state index in [2.05, 4.69) is 4.74 Å². The van der Waals surface area contributed by atoms with Crippen LogP contribution in [0.1, 0.15) is 21.5 Å². The molecule has 1 aromatic rings. The number of carbonyl (C=O) groups is 1. The molecule has 0 amide bonds. The number of nitriles is 1. The van der Waals surface area contributed by atoms with Crippen LogP contribution in [0.4, 0.5) is 0 Å². The summed E-state index contributed by atoms with van der Waals surface area (Å²) in [7, 11) is 2.70. The van der Waals surface area contributed by atoms with Gasteiger partial charge in [-0.2, -0.15) is 5.26 Å². The summed E-state index contributed by atoms with van der Waals surface area (Å²) < 4.78 is 9.68. The molecule has 0 atom stereocenters. The van der Waals surface area contributed by atoms with Crippen LogP contribution in [-0.4, -0.2) is 20.2 Å². The summed E-state index contributed by atoms with van der Waals surface area (Å²) in [5.74, 6) is -0.208. The second kappa shape index (κ2) is 5.14. The van der Waals surface area contributed by atoms with Gasteiger partial charge >= 0.3 is 5.97 Å². The van der Waals surface area contributed by atoms with Crippen molar-refractivity contribution in [3.8, 4) is 11.8 Å². The molecule has 0 saturated heterocycles. The molecule has 16 heavy (non-hydrogen) atoms. The number of nitrogens with zero attached hydrogens (tertiary/aromatic N) is 1. The Hall–Kier alpha value is -2.06. The minimum Gasteiger partial charge on any atom is -0.496 e. The predicted molar refractivity (Wildman–Crippen MR) is 56.9 cm³/mol. The Morgan fingerprint density at radius 3 is 2.62 bits per heavy atom. The Morgan fingerprint density at radius 1 is 1.50 bits per heavy atom. The fraction of sp³-hybridized carbons (Fsp3) is 0.273. The maximum absolute atomic E-state index is 11.6. The van der Waals surface area contributed by atoms with Gasteiger partial charge in [-0.1, -0.05) is 0 Å². The highest BCUT2D eigenvalue weighted by atomic mass is 16.5. The van der Waals surface area contributed by atoms with Crippen molar-refractivity contribution >= 4 is 5.97 Å². The lowest BCUT2D eigenvalue weighted by Crippen LogP contribution is -2.12. The first kappa shape index (κ1) is 12.0. The molecule has 5 nitrogen and oxygen atoms in total. The molecule has 84 valence electrons. The van der Waals surface area contributed by atoms with E-state index in [1.54, 1.807) is 12.1 Å². The number of ether oxygens (including phenoxy) is 2. The molecule has 0 aliphatic rings. The minimum atomic E-state index is -0.561. The first-order valence-electron chi connectivity index (χ1n) is 4.57. The molecule has 0 heterocycles. The molecule has 0 radical (unpaired) electrons. The number of hydrogen-bond acceptors (Lipinski definition) is 5. The van der Waals surface area contributed by atoms with Gasteiger partial charge in [0.1, 0.15) is 11.3 Å². The number of benzene rings is 1. The number of esters is 1. The molecule has 0 fully saturated rings. The molecule has 5 heteroatoms. The van der Waals surface area contributed by atoms with Crippen molar-refractivity contribution in [2.24, 2.45) is 5.73 Å². The lowest BCUT2D eigenvalue weighted by molar-refractivity contribution is 0.0595. The quantitative estimate of drug-likeness (QED) is 0.762. The number of hydrogen-bond donors (Lipinski definition) is 1. The molecule has 0 spiro atoms. The predicted octanol–water partition coefficient (Wildman–Crippen LogP) is 0.812. The molecule has 1 aromatic carbocycles. The van der Waals surface area contributed by atoms with Crippen molar-refractivity contribution in [2.45, 2.75) is 6.54 Å². The largest absolute Gasteiger partial charge is 0.496 e. The average Bonchev–Trinajstić information content (AvgIpc) is 2.35. The third-order valence-corrected chi connectivity index (χ3v) is 2.21. The van der Waals surface area contributed by atoms with E-state index in [0.717, 1.165) is 0 Å². The van der Waals surface area contributed by atoms with Crippen LogP contribution in [0.3, 0.4) is 0 Å². The maximum atomic E-state index is 11.6. The Balaban J connectivity index is 3.50. The standard InChI is InChI=1S/C11H12N2O3/c1-15-9-4-3-7(5-12)8(6-13)10(9)11(14)16-2/h3-4H,6,13H2,1-2H3. The second-order valence-electron chi connectivity index (χ2n) is 2.98. The van der Waals surface area contributed by atoms with E-state index in [1.165, 1.54) is 14.2 Å². The van der Waals surface area contributed by atoms with E-state index in [-0.39, 0.29) is 12.1 Å². The van der Waals surface area contributed by atoms with Crippen molar-refractivity contribution in [3.63, 3.8) is 0 Å². The van der Waals surface area contributed by atoms with Crippen molar-refractivity contribution in [1.29, 1.82) is 5.26 Å². The van der Waals surface area contributed by atoms with Gasteiger partial charge in [0.15, 0.2) is 0 Å². The van der Waals surface area contributed by atoms with Crippen molar-refractivity contribution in [2.75, 3.05) is 14.2 Å². The first-order chi connectivity index (χ1) is 7.69. The highest BCUT2D eigenvalue weighted by Gasteiger charge is 2.20. The molecule has 1 rings (SSSR count). The Labute approximate surface area is 93.4 Å². The van der Waals surface area contributed by atoms with Crippen molar-refractivity contribution in [3.05, 3.63) is 28.8 Å². The lowest BCUT2D eigenvalue weighted by Gasteiger charge is -2.12. The van der Waals surface area contributed by atoms with E-state index in [1.807, 2.05) is 6.07 Å². The number of rotatable bonds is 3. The molecule has 0 saturated carbocycles. The summed E-state index contributed by atoms with van der Waals surface area (Å²) in [6.07, 6.45) is 0. The summed E-state index contributed by atoms with van der Waals surface area (Å²) in [6.45, 7) is 0.0739. The molecule has 2 N–H and O–H groups in total. The summed E-state index contributed by atoms with van der Waals surface area (Å²) in [5, 5.41) is 8.89. The van der Waals surface area contributed by atoms with Crippen LogP contribution >= 0.6 is 0 Å². The highest BCUT2D eigenvalue weighted by Crippen LogP contribution is 2.25. The van der Waals surface area contributed by atoms with Crippen LogP contribution in [0, 0.1) is 11.3 Å². The van der Waals surface area contributed by atoms with E-state index in [9.17, 15) is 4.79 Å². The molecular formula is C11H12N2O3. The molecule has 0 aromatic heterocycles. The molecule has 0 aliphatic heterocycles. The van der Waals surface area contributed by atoms with Gasteiger partial charge in [-0.25, -0.2) is 4.79 Å². The SMILES string of the molecule is COC(=O)c1c(OC)ccc(C#N)c1CN. The van der Waals surface area contributed by atoms with Crippen LogP contribution in [0.25, 0.3) is 0 Å². The maximum Gasteiger partial charge on any atom is 0.342 e. The van der Waals surface area contributed by atoms with Gasteiger partial charge in [-0.3, -0.25) is 0 Å². The van der Waals surface area contributed by atoms with Gasteiger partial charge in [0.25, 0.3) is 0 Å². The highest BCUT2D eigenvalue weighted by molar-refractivity contribution is 5.95. The zero-order chi connectivity index (χ0) is 12.1. The number of methoxy groups -OCH3 is 2.